The average molecular weight is 520 g/mol. The molecule has 11 nitrogen and oxygen atoms in total. The Labute approximate surface area is 210 Å². The highest BCUT2D eigenvalue weighted by atomic mass is 19.1. The van der Waals surface area contributed by atoms with E-state index >= 15 is 0 Å². The van der Waals surface area contributed by atoms with Crippen molar-refractivity contribution in [1.29, 1.82) is 0 Å². The minimum atomic E-state index is -1.01. The third-order valence-electron chi connectivity index (χ3n) is 5.94. The van der Waals surface area contributed by atoms with Gasteiger partial charge in [0.1, 0.15) is 6.04 Å². The van der Waals surface area contributed by atoms with Crippen LogP contribution < -0.4 is 15.6 Å². The van der Waals surface area contributed by atoms with E-state index in [1.54, 1.807) is 0 Å². The number of nitrogens with zero attached hydrogens (tertiary/aromatic N) is 4. The highest BCUT2D eigenvalue weighted by molar-refractivity contribution is 5.92. The zero-order chi connectivity index (χ0) is 26.4. The first-order chi connectivity index (χ1) is 17.8. The summed E-state index contributed by atoms with van der Waals surface area (Å²) in [5.74, 6) is -2.98. The molecule has 2 aromatic heterocycles. The molecule has 2 atom stereocenters. The third-order valence-corrected chi connectivity index (χ3v) is 5.94. The highest BCUT2D eigenvalue weighted by Gasteiger charge is 2.29. The van der Waals surface area contributed by atoms with Crippen LogP contribution in [0.15, 0.2) is 47.5 Å². The molecule has 1 aliphatic heterocycles. The molecule has 198 valence electrons. The lowest BCUT2D eigenvalue weighted by molar-refractivity contribution is -0.120. The molecule has 0 aliphatic carbocycles. The molecule has 3 aromatic rings. The number of ether oxygens (including phenoxy) is 2. The molecule has 1 aliphatic rings. The Morgan fingerprint density at radius 3 is 2.65 bits per heavy atom. The molecule has 3 heterocycles. The summed E-state index contributed by atoms with van der Waals surface area (Å²) in [7, 11) is 0. The van der Waals surface area contributed by atoms with Crippen molar-refractivity contribution in [2.45, 2.75) is 38.0 Å². The second kappa shape index (κ2) is 12.0. The number of rotatable bonds is 10. The first-order valence-electron chi connectivity index (χ1n) is 11.8. The van der Waals surface area contributed by atoms with Gasteiger partial charge in [-0.15, -0.1) is 0 Å². The van der Waals surface area contributed by atoms with E-state index < -0.39 is 47.6 Å². The molecule has 4 rings (SSSR count). The van der Waals surface area contributed by atoms with E-state index in [4.69, 9.17) is 14.6 Å². The van der Waals surface area contributed by atoms with Gasteiger partial charge in [-0.05, 0) is 37.3 Å². The number of hydrogen-bond acceptors (Lipinski definition) is 8. The Hall–Kier alpha value is -3.68. The summed E-state index contributed by atoms with van der Waals surface area (Å²) in [6, 6.07) is 4.74. The lowest BCUT2D eigenvalue weighted by atomic mass is 9.92. The minimum Gasteiger partial charge on any atom is -0.449 e. The summed E-state index contributed by atoms with van der Waals surface area (Å²) in [5.41, 5.74) is -0.696. The molecule has 1 amide bonds. The van der Waals surface area contributed by atoms with Crippen LogP contribution in [0.3, 0.4) is 0 Å². The van der Waals surface area contributed by atoms with Gasteiger partial charge in [0.05, 0.1) is 25.5 Å². The topological polar surface area (TPSA) is 141 Å². The van der Waals surface area contributed by atoms with Crippen molar-refractivity contribution >= 4 is 11.7 Å². The van der Waals surface area contributed by atoms with Crippen LogP contribution in [0.2, 0.25) is 0 Å². The van der Waals surface area contributed by atoms with E-state index in [1.165, 1.54) is 23.0 Å². The SMILES string of the molecule is O=C(Nc1ccn(C[C@@H](O)CO)n1)[C@@H](CC1CCOCC1)n1ncc(Oc2c(F)cccc2F)cc1=O. The predicted octanol–water partition coefficient (Wildman–Crippen LogP) is 1.86. The van der Waals surface area contributed by atoms with Crippen LogP contribution in [0.1, 0.15) is 25.3 Å². The summed E-state index contributed by atoms with van der Waals surface area (Å²) in [4.78, 5) is 26.2. The van der Waals surface area contributed by atoms with E-state index in [-0.39, 0.29) is 24.0 Å². The number of aromatic nitrogens is 4. The maximum absolute atomic E-state index is 13.9. The van der Waals surface area contributed by atoms with E-state index in [0.29, 0.717) is 32.5 Å². The maximum atomic E-state index is 13.9. The number of hydrogen-bond donors (Lipinski definition) is 3. The molecule has 0 spiro atoms. The fraction of sp³-hybridized carbons (Fsp3) is 0.417. The fourth-order valence-corrected chi connectivity index (χ4v) is 4.02. The van der Waals surface area contributed by atoms with Crippen LogP contribution in [-0.2, 0) is 16.1 Å². The Morgan fingerprint density at radius 1 is 1.24 bits per heavy atom. The summed E-state index contributed by atoms with van der Waals surface area (Å²) in [5, 5.41) is 29.5. The normalized spacial score (nSPS) is 15.8. The van der Waals surface area contributed by atoms with E-state index in [2.05, 4.69) is 15.5 Å². The van der Waals surface area contributed by atoms with Crippen LogP contribution in [0.25, 0.3) is 0 Å². The van der Waals surface area contributed by atoms with Gasteiger partial charge in [0, 0.05) is 31.5 Å². The zero-order valence-corrected chi connectivity index (χ0v) is 19.8. The van der Waals surface area contributed by atoms with Crippen LogP contribution in [0, 0.1) is 17.6 Å². The lowest BCUT2D eigenvalue weighted by Crippen LogP contribution is -2.36. The Bertz CT molecular complexity index is 1260. The van der Waals surface area contributed by atoms with Gasteiger partial charge >= 0.3 is 0 Å². The largest absolute Gasteiger partial charge is 0.449 e. The molecule has 1 saturated heterocycles. The van der Waals surface area contributed by atoms with Gasteiger partial charge in [-0.1, -0.05) is 6.07 Å². The molecule has 0 bridgehead atoms. The molecular formula is C24H27F2N5O6. The first-order valence-corrected chi connectivity index (χ1v) is 11.8. The van der Waals surface area contributed by atoms with Crippen LogP contribution in [0.4, 0.5) is 14.6 Å². The molecule has 37 heavy (non-hydrogen) atoms. The standard InChI is InChI=1S/C24H27F2N5O6/c25-18-2-1-3-19(26)23(18)37-17-11-22(34)31(27-12-17)20(10-15-5-8-36-9-6-15)24(35)28-21-4-7-30(29-21)13-16(33)14-32/h1-4,7,11-12,15-16,20,32-33H,5-6,8-10,13-14H2,(H,28,29,35)/t16-,20-/m1/s1. The first kappa shape index (κ1) is 26.4. The van der Waals surface area contributed by atoms with Crippen molar-refractivity contribution in [1.82, 2.24) is 19.6 Å². The fourth-order valence-electron chi connectivity index (χ4n) is 4.02. The van der Waals surface area contributed by atoms with Crippen molar-refractivity contribution in [3.63, 3.8) is 0 Å². The summed E-state index contributed by atoms with van der Waals surface area (Å²) in [6.07, 6.45) is 3.35. The maximum Gasteiger partial charge on any atom is 0.271 e. The van der Waals surface area contributed by atoms with Crippen LogP contribution in [-0.4, -0.2) is 61.6 Å². The number of aliphatic hydroxyl groups excluding tert-OH is 2. The molecule has 13 heteroatoms. The average Bonchev–Trinajstić information content (AvgIpc) is 3.32. The number of halogens is 2. The van der Waals surface area contributed by atoms with E-state index in [0.717, 1.165) is 29.1 Å². The Balaban J connectivity index is 1.56. The van der Waals surface area contributed by atoms with E-state index in [9.17, 15) is 23.5 Å². The minimum absolute atomic E-state index is 0.0307. The van der Waals surface area contributed by atoms with Gasteiger partial charge in [0.2, 0.25) is 0 Å². The number of carbonyl (C=O) groups excluding carboxylic acids is 1. The molecule has 1 aromatic carbocycles. The Kier molecular flexibility index (Phi) is 8.58. The number of para-hydroxylation sites is 1. The van der Waals surface area contributed by atoms with Crippen molar-refractivity contribution in [3.8, 4) is 11.5 Å². The zero-order valence-electron chi connectivity index (χ0n) is 19.8. The molecular weight excluding hydrogens is 492 g/mol. The lowest BCUT2D eigenvalue weighted by Gasteiger charge is -2.26. The van der Waals surface area contributed by atoms with Gasteiger partial charge in [-0.25, -0.2) is 13.5 Å². The number of aliphatic hydroxyl groups is 2. The Morgan fingerprint density at radius 2 is 1.97 bits per heavy atom. The third kappa shape index (κ3) is 6.76. The van der Waals surface area contributed by atoms with Gasteiger partial charge in [-0.2, -0.15) is 10.2 Å². The van der Waals surface area contributed by atoms with Crippen LogP contribution >= 0.6 is 0 Å². The summed E-state index contributed by atoms with van der Waals surface area (Å²) < 4.78 is 40.9. The number of anilines is 1. The van der Waals surface area contributed by atoms with E-state index in [1.807, 2.05) is 0 Å². The quantitative estimate of drug-likeness (QED) is 0.369. The van der Waals surface area contributed by atoms with Crippen molar-refractivity contribution in [2.75, 3.05) is 25.1 Å². The van der Waals surface area contributed by atoms with Gasteiger partial charge < -0.3 is 25.0 Å². The van der Waals surface area contributed by atoms with Gasteiger partial charge in [0.15, 0.2) is 29.0 Å². The number of nitrogens with one attached hydrogen (secondary N) is 1. The highest BCUT2D eigenvalue weighted by Crippen LogP contribution is 2.28. The van der Waals surface area contributed by atoms with Gasteiger partial charge in [-0.3, -0.25) is 14.3 Å². The summed E-state index contributed by atoms with van der Waals surface area (Å²) >= 11 is 0. The number of amides is 1. The number of carbonyl (C=O) groups is 1. The second-order valence-corrected chi connectivity index (χ2v) is 8.68. The predicted molar refractivity (Wildman–Crippen MR) is 126 cm³/mol. The monoisotopic (exact) mass is 519 g/mol. The number of benzene rings is 1. The van der Waals surface area contributed by atoms with Crippen molar-refractivity contribution in [2.24, 2.45) is 5.92 Å². The molecule has 0 unspecified atom stereocenters. The molecule has 0 radical (unpaired) electrons. The molecule has 3 N–H and O–H groups in total. The second-order valence-electron chi connectivity index (χ2n) is 8.68. The van der Waals surface area contributed by atoms with Crippen LogP contribution in [0.5, 0.6) is 11.5 Å². The van der Waals surface area contributed by atoms with Gasteiger partial charge in [0.25, 0.3) is 11.5 Å². The van der Waals surface area contributed by atoms with Crippen molar-refractivity contribution in [3.05, 3.63) is 64.7 Å². The summed E-state index contributed by atoms with van der Waals surface area (Å²) in [6.45, 7) is 0.676. The smallest absolute Gasteiger partial charge is 0.271 e. The van der Waals surface area contributed by atoms with Crippen molar-refractivity contribution < 1.29 is 33.3 Å². The molecule has 1 fully saturated rings. The molecule has 0 saturated carbocycles.